The van der Waals surface area contributed by atoms with Crippen LogP contribution in [0.3, 0.4) is 0 Å². The molecule has 0 spiro atoms. The van der Waals surface area contributed by atoms with Crippen molar-refractivity contribution >= 4 is 28.5 Å². The van der Waals surface area contributed by atoms with Crippen LogP contribution in [-0.2, 0) is 22.7 Å². The maximum Gasteiger partial charge on any atom is 0.295 e. The lowest BCUT2D eigenvalue weighted by Gasteiger charge is -2.34. The molecule has 3 aromatic rings. The van der Waals surface area contributed by atoms with Crippen LogP contribution in [0.2, 0.25) is 0 Å². The van der Waals surface area contributed by atoms with Crippen LogP contribution in [0.1, 0.15) is 28.8 Å². The Morgan fingerprint density at radius 3 is 2.38 bits per heavy atom. The van der Waals surface area contributed by atoms with Crippen molar-refractivity contribution in [3.8, 4) is 11.5 Å². The normalized spacial score (nSPS) is 17.5. The van der Waals surface area contributed by atoms with Crippen molar-refractivity contribution in [2.24, 2.45) is 0 Å². The van der Waals surface area contributed by atoms with Crippen LogP contribution in [0.15, 0.2) is 48.7 Å². The van der Waals surface area contributed by atoms with E-state index in [-0.39, 0.29) is 19.2 Å². The number of para-hydroxylation sites is 1. The van der Waals surface area contributed by atoms with E-state index in [2.05, 4.69) is 4.90 Å². The molecule has 0 radical (unpaired) electrons. The molecule has 3 aliphatic rings. The van der Waals surface area contributed by atoms with E-state index in [4.69, 9.17) is 9.47 Å². The second-order valence-electron chi connectivity index (χ2n) is 9.86. The minimum Gasteiger partial charge on any atom is -0.454 e. The van der Waals surface area contributed by atoms with Crippen molar-refractivity contribution in [3.05, 3.63) is 59.8 Å². The number of ketones is 1. The largest absolute Gasteiger partial charge is 0.454 e. The molecule has 0 bridgehead atoms. The molecule has 2 saturated heterocycles. The minimum atomic E-state index is -0.521. The number of fused-ring (bicyclic) bond motifs is 2. The summed E-state index contributed by atoms with van der Waals surface area (Å²) >= 11 is 0. The molecule has 0 saturated carbocycles. The fraction of sp³-hybridized carbons (Fsp3) is 0.393. The molecule has 3 aliphatic heterocycles. The monoisotopic (exact) mass is 502 g/mol. The van der Waals surface area contributed by atoms with Crippen molar-refractivity contribution in [1.29, 1.82) is 0 Å². The molecule has 0 unspecified atom stereocenters. The van der Waals surface area contributed by atoms with E-state index in [9.17, 15) is 14.4 Å². The fourth-order valence-electron chi connectivity index (χ4n) is 5.44. The fourth-order valence-corrected chi connectivity index (χ4v) is 5.44. The van der Waals surface area contributed by atoms with E-state index >= 15 is 0 Å². The quantitative estimate of drug-likeness (QED) is 0.381. The Balaban J connectivity index is 1.11. The number of Topliss-reactive ketones (excluding diaryl/α,β-unsaturated/α-hetero) is 1. The van der Waals surface area contributed by atoms with Gasteiger partial charge in [-0.05, 0) is 36.6 Å². The molecule has 1 aromatic heterocycles. The predicted molar refractivity (Wildman–Crippen MR) is 137 cm³/mol. The van der Waals surface area contributed by atoms with Crippen LogP contribution < -0.4 is 9.47 Å². The summed E-state index contributed by atoms with van der Waals surface area (Å²) in [4.78, 5) is 45.1. The molecule has 0 aliphatic carbocycles. The first-order valence-electron chi connectivity index (χ1n) is 12.9. The number of amides is 2. The van der Waals surface area contributed by atoms with Gasteiger partial charge in [-0.3, -0.25) is 19.3 Å². The number of benzene rings is 2. The Hall–Kier alpha value is -3.85. The third kappa shape index (κ3) is 4.67. The Labute approximate surface area is 215 Å². The van der Waals surface area contributed by atoms with Gasteiger partial charge in [-0.2, -0.15) is 0 Å². The molecular weight excluding hydrogens is 472 g/mol. The van der Waals surface area contributed by atoms with Crippen molar-refractivity contribution in [1.82, 2.24) is 19.3 Å². The standard InChI is InChI=1S/C28H30N4O5/c33-26(30-9-3-4-10-30)18-32-17-22(21-5-1-2-6-23(21)32)27(34)28(35)31-13-11-29(12-14-31)16-20-7-8-24-25(15-20)37-19-36-24/h1-2,5-8,15,17H,3-4,9-14,16,18-19H2. The number of hydrogen-bond acceptors (Lipinski definition) is 6. The summed E-state index contributed by atoms with van der Waals surface area (Å²) in [5, 5.41) is 0.705. The number of hydrogen-bond donors (Lipinski definition) is 0. The number of ether oxygens (including phenoxy) is 2. The van der Waals surface area contributed by atoms with Gasteiger partial charge in [0.1, 0.15) is 6.54 Å². The van der Waals surface area contributed by atoms with Crippen molar-refractivity contribution in [3.63, 3.8) is 0 Å². The molecule has 4 heterocycles. The molecule has 6 rings (SSSR count). The van der Waals surface area contributed by atoms with Crippen LogP contribution in [0.5, 0.6) is 11.5 Å². The number of aromatic nitrogens is 1. The van der Waals surface area contributed by atoms with Gasteiger partial charge in [0.2, 0.25) is 12.7 Å². The van der Waals surface area contributed by atoms with E-state index in [1.54, 1.807) is 15.7 Å². The predicted octanol–water partition coefficient (Wildman–Crippen LogP) is 2.52. The summed E-state index contributed by atoms with van der Waals surface area (Å²) in [5.41, 5.74) is 2.27. The highest BCUT2D eigenvalue weighted by Gasteiger charge is 2.30. The third-order valence-corrected chi connectivity index (χ3v) is 7.49. The summed E-state index contributed by atoms with van der Waals surface area (Å²) in [6.07, 6.45) is 3.73. The molecule has 2 fully saturated rings. The van der Waals surface area contributed by atoms with Crippen molar-refractivity contribution in [2.45, 2.75) is 25.9 Å². The highest BCUT2D eigenvalue weighted by Crippen LogP contribution is 2.33. The van der Waals surface area contributed by atoms with Crippen LogP contribution in [0, 0.1) is 0 Å². The Kier molecular flexibility index (Phi) is 6.30. The highest BCUT2D eigenvalue weighted by atomic mass is 16.7. The minimum absolute atomic E-state index is 0.0437. The van der Waals surface area contributed by atoms with Gasteiger partial charge >= 0.3 is 0 Å². The van der Waals surface area contributed by atoms with E-state index in [1.165, 1.54) is 0 Å². The first-order valence-corrected chi connectivity index (χ1v) is 12.9. The number of nitrogens with zero attached hydrogens (tertiary/aromatic N) is 4. The van der Waals surface area contributed by atoms with Crippen LogP contribution in [0.4, 0.5) is 0 Å². The van der Waals surface area contributed by atoms with Gasteiger partial charge in [-0.25, -0.2) is 0 Å². The SMILES string of the molecule is O=C(C(=O)N1CCN(Cc2ccc3c(c2)OCO3)CC1)c1cn(CC(=O)N2CCCC2)c2ccccc12. The summed E-state index contributed by atoms with van der Waals surface area (Å²) < 4.78 is 12.7. The maximum atomic E-state index is 13.4. The zero-order valence-electron chi connectivity index (χ0n) is 20.7. The summed E-state index contributed by atoms with van der Waals surface area (Å²) in [6, 6.07) is 13.4. The van der Waals surface area contributed by atoms with Gasteiger partial charge < -0.3 is 23.8 Å². The zero-order valence-corrected chi connectivity index (χ0v) is 20.7. The zero-order chi connectivity index (χ0) is 25.4. The number of likely N-dealkylation sites (tertiary alicyclic amines) is 1. The maximum absolute atomic E-state index is 13.4. The van der Waals surface area contributed by atoms with Gasteiger partial charge in [0.05, 0.1) is 5.56 Å². The van der Waals surface area contributed by atoms with Gasteiger partial charge in [0.25, 0.3) is 11.7 Å². The number of carbonyl (C=O) groups excluding carboxylic acids is 3. The molecular formula is C28H30N4O5. The summed E-state index contributed by atoms with van der Waals surface area (Å²) in [6.45, 7) is 5.06. The second kappa shape index (κ2) is 9.89. The van der Waals surface area contributed by atoms with Crippen LogP contribution in [0.25, 0.3) is 10.9 Å². The van der Waals surface area contributed by atoms with Gasteiger partial charge in [0.15, 0.2) is 11.5 Å². The van der Waals surface area contributed by atoms with E-state index in [1.807, 2.05) is 47.4 Å². The second-order valence-corrected chi connectivity index (χ2v) is 9.86. The van der Waals surface area contributed by atoms with Gasteiger partial charge in [-0.15, -0.1) is 0 Å². The smallest absolute Gasteiger partial charge is 0.295 e. The molecule has 0 atom stereocenters. The Bertz CT molecular complexity index is 1350. The first-order chi connectivity index (χ1) is 18.1. The number of rotatable bonds is 6. The van der Waals surface area contributed by atoms with Crippen molar-refractivity contribution < 1.29 is 23.9 Å². The number of carbonyl (C=O) groups is 3. The van der Waals surface area contributed by atoms with E-state index in [0.29, 0.717) is 37.1 Å². The average molecular weight is 503 g/mol. The lowest BCUT2D eigenvalue weighted by atomic mass is 10.1. The van der Waals surface area contributed by atoms with Gasteiger partial charge in [0, 0.05) is 62.9 Å². The van der Waals surface area contributed by atoms with E-state index < -0.39 is 11.7 Å². The lowest BCUT2D eigenvalue weighted by Crippen LogP contribution is -2.50. The third-order valence-electron chi connectivity index (χ3n) is 7.49. The Morgan fingerprint density at radius 2 is 1.57 bits per heavy atom. The molecule has 2 amide bonds. The van der Waals surface area contributed by atoms with Crippen LogP contribution >= 0.6 is 0 Å². The Morgan fingerprint density at radius 1 is 0.811 bits per heavy atom. The lowest BCUT2D eigenvalue weighted by molar-refractivity contribution is -0.130. The number of piperazine rings is 1. The van der Waals surface area contributed by atoms with E-state index in [0.717, 1.165) is 55.1 Å². The van der Waals surface area contributed by atoms with Crippen molar-refractivity contribution in [2.75, 3.05) is 46.1 Å². The average Bonchev–Trinajstić information content (AvgIpc) is 3.69. The molecule has 9 nitrogen and oxygen atoms in total. The summed E-state index contributed by atoms with van der Waals surface area (Å²) in [5.74, 6) is 0.559. The molecule has 9 heteroatoms. The van der Waals surface area contributed by atoms with Gasteiger partial charge in [-0.1, -0.05) is 24.3 Å². The molecule has 0 N–H and O–H groups in total. The topological polar surface area (TPSA) is 84.3 Å². The first kappa shape index (κ1) is 23.5. The highest BCUT2D eigenvalue weighted by molar-refractivity contribution is 6.44. The van der Waals surface area contributed by atoms with Crippen LogP contribution in [-0.4, -0.2) is 82.9 Å². The molecule has 192 valence electrons. The molecule has 37 heavy (non-hydrogen) atoms. The summed E-state index contributed by atoms with van der Waals surface area (Å²) in [7, 11) is 0. The molecule has 2 aromatic carbocycles.